The van der Waals surface area contributed by atoms with Crippen LogP contribution in [0.4, 0.5) is 19.0 Å². The average Bonchev–Trinajstić information content (AvgIpc) is 3.23. The van der Waals surface area contributed by atoms with Gasteiger partial charge in [0.05, 0.1) is 18.4 Å². The minimum Gasteiger partial charge on any atom is -0.374 e. The number of ether oxygens (including phenoxy) is 1. The Labute approximate surface area is 160 Å². The van der Waals surface area contributed by atoms with Crippen LogP contribution in [0.2, 0.25) is 0 Å². The number of hydrogen-bond donors (Lipinski definition) is 1. The molecule has 2 N–H and O–H groups in total. The summed E-state index contributed by atoms with van der Waals surface area (Å²) in [5, 5.41) is 4.66. The number of aliphatic imine (C=N–C) groups is 1. The summed E-state index contributed by atoms with van der Waals surface area (Å²) in [6, 6.07) is -0.387. The summed E-state index contributed by atoms with van der Waals surface area (Å²) in [4.78, 5) is 6.74. The van der Waals surface area contributed by atoms with E-state index in [1.54, 1.807) is 0 Å². The van der Waals surface area contributed by atoms with Crippen molar-refractivity contribution in [3.8, 4) is 0 Å². The Morgan fingerprint density at radius 1 is 1.21 bits per heavy atom. The predicted octanol–water partition coefficient (Wildman–Crippen LogP) is 2.81. The van der Waals surface area contributed by atoms with Crippen molar-refractivity contribution in [2.45, 2.75) is 57.1 Å². The van der Waals surface area contributed by atoms with Crippen LogP contribution in [0, 0.1) is 5.92 Å². The molecule has 1 fully saturated rings. The molecule has 0 saturated carbocycles. The van der Waals surface area contributed by atoms with E-state index in [4.69, 9.17) is 10.5 Å². The molecule has 1 aromatic rings. The molecule has 4 heterocycles. The van der Waals surface area contributed by atoms with Crippen LogP contribution < -0.4 is 5.73 Å². The first-order valence-electron chi connectivity index (χ1n) is 9.65. The second-order valence-corrected chi connectivity index (χ2v) is 7.92. The number of aromatic nitrogens is 2. The first-order valence-corrected chi connectivity index (χ1v) is 9.65. The van der Waals surface area contributed by atoms with Crippen molar-refractivity contribution in [1.29, 1.82) is 0 Å². The first-order chi connectivity index (χ1) is 13.5. The largest absolute Gasteiger partial charge is 0.374 e. The number of nitrogens with two attached hydrogens (primary N) is 1. The summed E-state index contributed by atoms with van der Waals surface area (Å²) in [5.74, 6) is -2.73. The standard InChI is InChI=1S/C19H22F3N5O/c20-13-6-15(22)14(21)5-11(13)18-16(23)4-10(9-28-18)26-7-12-17(8-26)25-27-3-1-2-24-19(12)27/h2,6,10-11,16,18H,1,3-5,7-9,23H2/t10?,11?,16?,18-/m1/s1. The van der Waals surface area contributed by atoms with Gasteiger partial charge in [0.15, 0.2) is 11.6 Å². The molecule has 28 heavy (non-hydrogen) atoms. The molecule has 4 aliphatic rings. The lowest BCUT2D eigenvalue weighted by molar-refractivity contribution is -0.0731. The molecule has 1 aliphatic carbocycles. The van der Waals surface area contributed by atoms with Gasteiger partial charge in [-0.05, 0) is 6.42 Å². The van der Waals surface area contributed by atoms with E-state index in [2.05, 4.69) is 15.0 Å². The molecular formula is C19H22F3N5O. The second kappa shape index (κ2) is 6.82. The molecule has 0 spiro atoms. The molecule has 3 aliphatic heterocycles. The van der Waals surface area contributed by atoms with Gasteiger partial charge in [-0.15, -0.1) is 0 Å². The maximum atomic E-state index is 14.2. The van der Waals surface area contributed by atoms with Crippen molar-refractivity contribution < 1.29 is 17.9 Å². The van der Waals surface area contributed by atoms with Crippen molar-refractivity contribution in [2.75, 3.05) is 6.61 Å². The van der Waals surface area contributed by atoms with Crippen LogP contribution in [0.15, 0.2) is 28.5 Å². The van der Waals surface area contributed by atoms with Crippen molar-refractivity contribution in [3.05, 3.63) is 34.8 Å². The van der Waals surface area contributed by atoms with E-state index in [9.17, 15) is 13.2 Å². The number of nitrogens with zero attached hydrogens (tertiary/aromatic N) is 4. The van der Waals surface area contributed by atoms with Crippen molar-refractivity contribution in [3.63, 3.8) is 0 Å². The van der Waals surface area contributed by atoms with Crippen LogP contribution in [0.25, 0.3) is 0 Å². The van der Waals surface area contributed by atoms with Gasteiger partial charge >= 0.3 is 0 Å². The summed E-state index contributed by atoms with van der Waals surface area (Å²) in [6.45, 7) is 2.67. The zero-order valence-corrected chi connectivity index (χ0v) is 15.3. The fraction of sp³-hybridized carbons (Fsp3) is 0.579. The van der Waals surface area contributed by atoms with E-state index < -0.39 is 35.5 Å². The first kappa shape index (κ1) is 18.1. The number of fused-ring (bicyclic) bond motifs is 3. The number of hydrogen-bond acceptors (Lipinski definition) is 5. The molecule has 0 radical (unpaired) electrons. The van der Waals surface area contributed by atoms with Gasteiger partial charge in [-0.25, -0.2) is 22.8 Å². The van der Waals surface area contributed by atoms with Gasteiger partial charge in [-0.3, -0.25) is 4.90 Å². The number of allylic oxidation sites excluding steroid dienone is 3. The van der Waals surface area contributed by atoms with E-state index in [-0.39, 0.29) is 12.5 Å². The molecule has 1 saturated heterocycles. The Kier molecular flexibility index (Phi) is 4.41. The van der Waals surface area contributed by atoms with E-state index >= 15 is 0 Å². The summed E-state index contributed by atoms with van der Waals surface area (Å²) >= 11 is 0. The Balaban J connectivity index is 1.25. The van der Waals surface area contributed by atoms with Gasteiger partial charge in [-0.1, -0.05) is 0 Å². The Bertz CT molecular complexity index is 892. The van der Waals surface area contributed by atoms with Crippen LogP contribution in [0.5, 0.6) is 0 Å². The Morgan fingerprint density at radius 3 is 2.89 bits per heavy atom. The molecule has 9 heteroatoms. The molecular weight excluding hydrogens is 371 g/mol. The highest BCUT2D eigenvalue weighted by Gasteiger charge is 2.42. The van der Waals surface area contributed by atoms with Crippen molar-refractivity contribution >= 4 is 12.0 Å². The summed E-state index contributed by atoms with van der Waals surface area (Å²) in [7, 11) is 0. The van der Waals surface area contributed by atoms with E-state index in [0.717, 1.165) is 36.6 Å². The molecule has 1 aromatic heterocycles. The van der Waals surface area contributed by atoms with Gasteiger partial charge in [0, 0.05) is 68.3 Å². The van der Waals surface area contributed by atoms with E-state index in [1.807, 2.05) is 10.9 Å². The maximum absolute atomic E-state index is 14.2. The minimum absolute atomic E-state index is 0.0708. The molecule has 6 nitrogen and oxygen atoms in total. The fourth-order valence-electron chi connectivity index (χ4n) is 4.67. The quantitative estimate of drug-likeness (QED) is 0.839. The van der Waals surface area contributed by atoms with E-state index in [0.29, 0.717) is 25.6 Å². The molecule has 3 unspecified atom stereocenters. The van der Waals surface area contributed by atoms with Gasteiger partial charge < -0.3 is 10.5 Å². The van der Waals surface area contributed by atoms with Gasteiger partial charge in [0.2, 0.25) is 0 Å². The minimum atomic E-state index is -1.14. The van der Waals surface area contributed by atoms with Gasteiger partial charge in [-0.2, -0.15) is 5.10 Å². The summed E-state index contributed by atoms with van der Waals surface area (Å²) in [6.07, 6.45) is 3.03. The third kappa shape index (κ3) is 2.92. The normalized spacial score (nSPS) is 33.1. The zero-order chi connectivity index (χ0) is 19.4. The third-order valence-corrected chi connectivity index (χ3v) is 6.14. The molecule has 0 aromatic carbocycles. The second-order valence-electron chi connectivity index (χ2n) is 7.92. The number of rotatable bonds is 2. The highest BCUT2D eigenvalue weighted by molar-refractivity contribution is 5.65. The lowest BCUT2D eigenvalue weighted by Gasteiger charge is -2.41. The van der Waals surface area contributed by atoms with Crippen LogP contribution in [0.3, 0.4) is 0 Å². The molecule has 5 rings (SSSR count). The molecule has 4 atom stereocenters. The topological polar surface area (TPSA) is 68.7 Å². The Morgan fingerprint density at radius 2 is 2.07 bits per heavy atom. The van der Waals surface area contributed by atoms with E-state index in [1.165, 1.54) is 0 Å². The smallest absolute Gasteiger partial charge is 0.157 e. The van der Waals surface area contributed by atoms with Crippen LogP contribution in [0.1, 0.15) is 30.5 Å². The van der Waals surface area contributed by atoms with Crippen LogP contribution in [-0.4, -0.2) is 45.7 Å². The third-order valence-electron chi connectivity index (χ3n) is 6.14. The van der Waals surface area contributed by atoms with Crippen LogP contribution >= 0.6 is 0 Å². The highest BCUT2D eigenvalue weighted by Crippen LogP contribution is 2.39. The Hall–Kier alpha value is -1.97. The highest BCUT2D eigenvalue weighted by atomic mass is 19.2. The van der Waals surface area contributed by atoms with Crippen LogP contribution in [-0.2, 0) is 24.4 Å². The SMILES string of the molecule is NC1CC(N2Cc3nn4c(c3C2)N=CCC4)CO[C@@H]1C1CC(F)=C(F)C=C1F. The zero-order valence-electron chi connectivity index (χ0n) is 15.3. The number of aryl methyl sites for hydroxylation is 1. The molecule has 0 amide bonds. The van der Waals surface area contributed by atoms with Gasteiger partial charge in [0.25, 0.3) is 0 Å². The van der Waals surface area contributed by atoms with Gasteiger partial charge in [0.1, 0.15) is 11.7 Å². The predicted molar refractivity (Wildman–Crippen MR) is 96.9 cm³/mol. The molecule has 0 bridgehead atoms. The average molecular weight is 393 g/mol. The van der Waals surface area contributed by atoms with Crippen molar-refractivity contribution in [2.24, 2.45) is 16.6 Å². The van der Waals surface area contributed by atoms with Crippen molar-refractivity contribution in [1.82, 2.24) is 14.7 Å². The lowest BCUT2D eigenvalue weighted by atomic mass is 9.84. The maximum Gasteiger partial charge on any atom is 0.157 e. The number of halogens is 3. The summed E-state index contributed by atoms with van der Waals surface area (Å²) < 4.78 is 48.9. The lowest BCUT2D eigenvalue weighted by Crippen LogP contribution is -2.53. The molecule has 150 valence electrons. The fourth-order valence-corrected chi connectivity index (χ4v) is 4.67. The monoisotopic (exact) mass is 393 g/mol. The summed E-state index contributed by atoms with van der Waals surface area (Å²) in [5.41, 5.74) is 8.46.